The van der Waals surface area contributed by atoms with Gasteiger partial charge in [0.1, 0.15) is 5.75 Å². The van der Waals surface area contributed by atoms with Crippen molar-refractivity contribution in [2.75, 3.05) is 28.3 Å². The fourth-order valence-electron chi connectivity index (χ4n) is 3.80. The Kier molecular flexibility index (Phi) is 10.4. The van der Waals surface area contributed by atoms with E-state index in [1.165, 1.54) is 25.5 Å². The Balaban J connectivity index is 0.000000649. The monoisotopic (exact) mass is 457 g/mol. The molecule has 2 heterocycles. The number of hydrogen-bond donors (Lipinski definition) is 2. The van der Waals surface area contributed by atoms with Crippen LogP contribution in [0.3, 0.4) is 0 Å². The number of hydrogen-bond acceptors (Lipinski definition) is 6. The molecule has 0 aliphatic heterocycles. The first-order chi connectivity index (χ1) is 16.0. The highest BCUT2D eigenvalue weighted by Crippen LogP contribution is 2.33. The second-order valence-electron chi connectivity index (χ2n) is 7.72. The van der Waals surface area contributed by atoms with Gasteiger partial charge in [-0.3, -0.25) is 14.4 Å². The molecular formula is C25H39N5O3. The number of rotatable bonds is 5. The summed E-state index contributed by atoms with van der Waals surface area (Å²) in [6, 6.07) is 10.6. The number of carbonyl (C=O) groups is 1. The average molecular weight is 458 g/mol. The van der Waals surface area contributed by atoms with Crippen molar-refractivity contribution in [2.24, 2.45) is 10.9 Å². The minimum atomic E-state index is 0. The van der Waals surface area contributed by atoms with Gasteiger partial charge < -0.3 is 19.8 Å². The first-order valence-electron chi connectivity index (χ1n) is 10.9. The van der Waals surface area contributed by atoms with Gasteiger partial charge in [0.2, 0.25) is 0 Å². The molecule has 2 atom stereocenters. The molecule has 8 nitrogen and oxygen atoms in total. The highest BCUT2D eigenvalue weighted by atomic mass is 16.5. The molecule has 1 fully saturated rings. The second kappa shape index (κ2) is 13.2. The first-order valence-corrected chi connectivity index (χ1v) is 10.9. The Bertz CT molecular complexity index is 1100. The largest absolute Gasteiger partial charge is 0.497 e. The van der Waals surface area contributed by atoms with E-state index in [4.69, 9.17) is 9.53 Å². The van der Waals surface area contributed by atoms with Gasteiger partial charge in [0, 0.05) is 33.8 Å². The summed E-state index contributed by atoms with van der Waals surface area (Å²) in [5.74, 6) is 1.42. The fraction of sp³-hybridized carbons (Fsp3) is 0.400. The second-order valence-corrected chi connectivity index (χ2v) is 7.72. The Morgan fingerprint density at radius 3 is 2.55 bits per heavy atom. The van der Waals surface area contributed by atoms with Crippen molar-refractivity contribution >= 4 is 23.3 Å². The van der Waals surface area contributed by atoms with Crippen molar-refractivity contribution in [1.82, 2.24) is 19.9 Å². The van der Waals surface area contributed by atoms with E-state index in [9.17, 15) is 0 Å². The summed E-state index contributed by atoms with van der Waals surface area (Å²) >= 11 is 0. The molecule has 1 aliphatic rings. The zero-order chi connectivity index (χ0) is 24.2. The lowest BCUT2D eigenvalue weighted by Gasteiger charge is -2.18. The molecule has 0 saturated heterocycles. The highest BCUT2D eigenvalue weighted by molar-refractivity contribution is 5.75. The summed E-state index contributed by atoms with van der Waals surface area (Å²) in [7, 11) is 6.81. The summed E-state index contributed by atoms with van der Waals surface area (Å²) in [6.45, 7) is 6.78. The number of allylic oxidation sites excluding steroid dienone is 1. The smallest absolute Gasteiger partial charge is 0.292 e. The third-order valence-corrected chi connectivity index (χ3v) is 5.66. The van der Waals surface area contributed by atoms with Crippen LogP contribution in [-0.2, 0) is 9.53 Å². The molecule has 0 unspecified atom stereocenters. The zero-order valence-electron chi connectivity index (χ0n) is 20.2. The molecule has 1 aromatic carbocycles. The number of carbonyl (C=O) groups excluding carboxylic acids is 1. The molecule has 182 valence electrons. The van der Waals surface area contributed by atoms with E-state index in [0.29, 0.717) is 18.4 Å². The van der Waals surface area contributed by atoms with Crippen molar-refractivity contribution in [3.8, 4) is 5.75 Å². The quantitative estimate of drug-likeness (QED) is 0.564. The van der Waals surface area contributed by atoms with Crippen LogP contribution in [0.1, 0.15) is 27.7 Å². The van der Waals surface area contributed by atoms with Crippen LogP contribution in [0.25, 0.3) is 16.9 Å². The van der Waals surface area contributed by atoms with E-state index in [1.807, 2.05) is 43.6 Å². The first kappa shape index (κ1) is 25.9. The summed E-state index contributed by atoms with van der Waals surface area (Å²) in [5.41, 5.74) is 5.16. The van der Waals surface area contributed by atoms with E-state index in [0.717, 1.165) is 34.5 Å². The normalized spacial score (nSPS) is 17.4. The lowest BCUT2D eigenvalue weighted by molar-refractivity contribution is -0.126. The van der Waals surface area contributed by atoms with Crippen LogP contribution in [0.4, 0.5) is 0 Å². The summed E-state index contributed by atoms with van der Waals surface area (Å²) in [4.78, 5) is 20.8. The van der Waals surface area contributed by atoms with Gasteiger partial charge >= 0.3 is 0 Å². The number of benzene rings is 1. The van der Waals surface area contributed by atoms with Gasteiger partial charge in [-0.2, -0.15) is 0 Å². The number of aromatic amines is 1. The number of aryl methyl sites for hydroxylation is 1. The molecule has 33 heavy (non-hydrogen) atoms. The number of nitrogens with zero attached hydrogens (tertiary/aromatic N) is 3. The molecule has 0 bridgehead atoms. The Morgan fingerprint density at radius 2 is 2.00 bits per heavy atom. The fourth-order valence-corrected chi connectivity index (χ4v) is 3.80. The topological polar surface area (TPSA) is 93.5 Å². The van der Waals surface area contributed by atoms with Crippen molar-refractivity contribution in [1.29, 1.82) is 0 Å². The van der Waals surface area contributed by atoms with Crippen molar-refractivity contribution in [3.63, 3.8) is 0 Å². The molecule has 0 amide bonds. The summed E-state index contributed by atoms with van der Waals surface area (Å²) in [6.07, 6.45) is 7.23. The SMILES string of the molecule is C=C([C@@H]1CC[C@H](NC)C1)n1c(=NC)cnc2[nH]ccc21.COC=O.COc1ccc(C)cc1.[HH].[HH]. The van der Waals surface area contributed by atoms with Gasteiger partial charge in [-0.05, 0) is 51.4 Å². The van der Waals surface area contributed by atoms with Crippen LogP contribution in [0.2, 0.25) is 0 Å². The van der Waals surface area contributed by atoms with Crippen molar-refractivity contribution in [3.05, 3.63) is 60.4 Å². The average Bonchev–Trinajstić information content (AvgIpc) is 3.53. The predicted molar refractivity (Wildman–Crippen MR) is 136 cm³/mol. The molecule has 0 spiro atoms. The molecule has 1 aliphatic carbocycles. The number of aromatic nitrogens is 3. The van der Waals surface area contributed by atoms with Crippen LogP contribution >= 0.6 is 0 Å². The number of H-pyrrole nitrogens is 1. The van der Waals surface area contributed by atoms with Gasteiger partial charge in [0.15, 0.2) is 11.1 Å². The van der Waals surface area contributed by atoms with E-state index in [-0.39, 0.29) is 2.85 Å². The van der Waals surface area contributed by atoms with Crippen LogP contribution in [-0.4, -0.2) is 55.4 Å². The van der Waals surface area contributed by atoms with Gasteiger partial charge in [-0.1, -0.05) is 24.3 Å². The Labute approximate surface area is 198 Å². The van der Waals surface area contributed by atoms with Crippen LogP contribution in [0, 0.1) is 12.8 Å². The maximum atomic E-state index is 8.95. The lowest BCUT2D eigenvalue weighted by Crippen LogP contribution is -2.25. The van der Waals surface area contributed by atoms with Gasteiger partial charge in [0.25, 0.3) is 6.47 Å². The maximum Gasteiger partial charge on any atom is 0.292 e. The van der Waals surface area contributed by atoms with Crippen LogP contribution < -0.4 is 15.5 Å². The molecule has 2 aromatic heterocycles. The summed E-state index contributed by atoms with van der Waals surface area (Å²) < 4.78 is 11.0. The molecule has 8 heteroatoms. The standard InChI is InChI=1S/C15H21N5.C8H10O.C2H4O2.2H2/c1-10(11-4-5-12(8-11)16-2)20-13-6-7-18-15(13)19-9-14(20)17-3;1-7-3-5-8(9-2)6-4-7;1-4-2-3;;/h6-7,9,11-12,16,18H,1,4-5,8H2,2-3H3;3-6H,1-2H3;2H,1H3;2*1H/t11-,12+;;;;/m1..../s1. The van der Waals surface area contributed by atoms with Gasteiger partial charge in [-0.25, -0.2) is 4.98 Å². The number of ether oxygens (including phenoxy) is 2. The molecule has 0 radical (unpaired) electrons. The number of fused-ring (bicyclic) bond motifs is 1. The van der Waals surface area contributed by atoms with Crippen LogP contribution in [0.5, 0.6) is 5.75 Å². The molecular weight excluding hydrogens is 418 g/mol. The van der Waals surface area contributed by atoms with Gasteiger partial charge in [-0.15, -0.1) is 0 Å². The molecule has 1 saturated carbocycles. The van der Waals surface area contributed by atoms with E-state index >= 15 is 0 Å². The third kappa shape index (κ3) is 7.05. The molecule has 2 N–H and O–H groups in total. The third-order valence-electron chi connectivity index (χ3n) is 5.66. The Morgan fingerprint density at radius 1 is 1.30 bits per heavy atom. The highest BCUT2D eigenvalue weighted by Gasteiger charge is 2.27. The lowest BCUT2D eigenvalue weighted by atomic mass is 10.0. The summed E-state index contributed by atoms with van der Waals surface area (Å²) in [5, 5.41) is 3.37. The molecule has 3 aromatic rings. The van der Waals surface area contributed by atoms with E-state index in [2.05, 4.69) is 43.1 Å². The minimum absolute atomic E-state index is 0. The number of methoxy groups -OCH3 is 2. The van der Waals surface area contributed by atoms with Crippen molar-refractivity contribution in [2.45, 2.75) is 32.2 Å². The van der Waals surface area contributed by atoms with Gasteiger partial charge in [0.05, 0.1) is 25.9 Å². The zero-order valence-corrected chi connectivity index (χ0v) is 20.2. The predicted octanol–water partition coefficient (Wildman–Crippen LogP) is 4.04. The van der Waals surface area contributed by atoms with Crippen molar-refractivity contribution < 1.29 is 17.1 Å². The van der Waals surface area contributed by atoms with E-state index < -0.39 is 0 Å². The minimum Gasteiger partial charge on any atom is -0.497 e. The van der Waals surface area contributed by atoms with Crippen LogP contribution in [0.15, 0.2) is 54.3 Å². The Hall–Kier alpha value is -3.39. The molecule has 4 rings (SSSR count). The number of nitrogens with one attached hydrogen (secondary N) is 2. The maximum absolute atomic E-state index is 8.95. The van der Waals surface area contributed by atoms with E-state index in [1.54, 1.807) is 20.4 Å².